The van der Waals surface area contributed by atoms with Gasteiger partial charge in [0.2, 0.25) is 5.88 Å². The zero-order valence-corrected chi connectivity index (χ0v) is 10.6. The predicted molar refractivity (Wildman–Crippen MR) is 65.3 cm³/mol. The van der Waals surface area contributed by atoms with E-state index in [1.54, 1.807) is 12.1 Å². The average Bonchev–Trinajstić information content (AvgIpc) is 2.55. The summed E-state index contributed by atoms with van der Waals surface area (Å²) in [6, 6.07) is 4.86. The van der Waals surface area contributed by atoms with Gasteiger partial charge in [-0.25, -0.2) is 0 Å². The summed E-state index contributed by atoms with van der Waals surface area (Å²) in [7, 11) is 2.22. The standard InChI is InChI=1S/C12H16ClN3O/c1-16-8-2-3-9(16)7-10(6-8)17-12-5-4-11(13)14-15-12/h4-5,8-10H,2-3,6-7H2,1H3/t8-,9+,10+. The molecule has 3 rings (SSSR count). The van der Waals surface area contributed by atoms with Crippen molar-refractivity contribution in [3.05, 3.63) is 17.3 Å². The summed E-state index contributed by atoms with van der Waals surface area (Å²) in [5.74, 6) is 0.586. The van der Waals surface area contributed by atoms with E-state index in [9.17, 15) is 0 Å². The first kappa shape index (κ1) is 11.2. The molecular weight excluding hydrogens is 238 g/mol. The lowest BCUT2D eigenvalue weighted by atomic mass is 10.0. The molecule has 1 aromatic heterocycles. The average molecular weight is 254 g/mol. The van der Waals surface area contributed by atoms with Crippen molar-refractivity contribution in [1.82, 2.24) is 15.1 Å². The van der Waals surface area contributed by atoms with E-state index < -0.39 is 0 Å². The molecule has 1 aromatic rings. The van der Waals surface area contributed by atoms with Gasteiger partial charge in [-0.2, -0.15) is 0 Å². The summed E-state index contributed by atoms with van der Waals surface area (Å²) in [4.78, 5) is 2.49. The molecule has 5 heteroatoms. The number of fused-ring (bicyclic) bond motifs is 2. The Bertz CT molecular complexity index is 383. The fraction of sp³-hybridized carbons (Fsp3) is 0.667. The highest BCUT2D eigenvalue weighted by atomic mass is 35.5. The second-order valence-electron chi connectivity index (χ2n) is 4.96. The number of piperidine rings is 1. The highest BCUT2D eigenvalue weighted by Gasteiger charge is 2.39. The van der Waals surface area contributed by atoms with Crippen LogP contribution in [0.5, 0.6) is 5.88 Å². The maximum atomic E-state index is 5.88. The molecule has 17 heavy (non-hydrogen) atoms. The van der Waals surface area contributed by atoms with Crippen LogP contribution < -0.4 is 4.74 Å². The lowest BCUT2D eigenvalue weighted by Gasteiger charge is -2.35. The Morgan fingerprint density at radius 2 is 1.94 bits per heavy atom. The van der Waals surface area contributed by atoms with Crippen molar-refractivity contribution in [2.45, 2.75) is 43.9 Å². The monoisotopic (exact) mass is 253 g/mol. The van der Waals surface area contributed by atoms with Gasteiger partial charge in [0.15, 0.2) is 5.15 Å². The maximum Gasteiger partial charge on any atom is 0.233 e. The molecule has 2 aliphatic rings. The Kier molecular flexibility index (Phi) is 2.92. The fourth-order valence-corrected chi connectivity index (χ4v) is 3.10. The van der Waals surface area contributed by atoms with Crippen molar-refractivity contribution in [3.63, 3.8) is 0 Å². The third-order valence-corrected chi connectivity index (χ3v) is 4.15. The molecule has 0 amide bonds. The summed E-state index contributed by atoms with van der Waals surface area (Å²) >= 11 is 5.69. The third-order valence-electron chi connectivity index (χ3n) is 3.95. The van der Waals surface area contributed by atoms with Gasteiger partial charge < -0.3 is 9.64 Å². The molecule has 0 unspecified atom stereocenters. The molecule has 2 saturated heterocycles. The molecule has 92 valence electrons. The minimum absolute atomic E-state index is 0.277. The summed E-state index contributed by atoms with van der Waals surface area (Å²) in [5.41, 5.74) is 0. The van der Waals surface area contributed by atoms with E-state index in [1.165, 1.54) is 12.8 Å². The van der Waals surface area contributed by atoms with Crippen LogP contribution in [0.2, 0.25) is 5.15 Å². The molecule has 0 spiro atoms. The van der Waals surface area contributed by atoms with Crippen molar-refractivity contribution in [2.24, 2.45) is 0 Å². The minimum atomic E-state index is 0.277. The fourth-order valence-electron chi connectivity index (χ4n) is 3.00. The van der Waals surface area contributed by atoms with E-state index >= 15 is 0 Å². The van der Waals surface area contributed by atoms with Crippen molar-refractivity contribution >= 4 is 11.6 Å². The minimum Gasteiger partial charge on any atom is -0.473 e. The molecule has 2 fully saturated rings. The van der Waals surface area contributed by atoms with E-state index in [0.717, 1.165) is 12.8 Å². The molecule has 0 aromatic carbocycles. The Labute approximate surface area is 106 Å². The van der Waals surface area contributed by atoms with E-state index in [4.69, 9.17) is 16.3 Å². The predicted octanol–water partition coefficient (Wildman–Crippen LogP) is 2.13. The molecule has 3 heterocycles. The first-order valence-electron chi connectivity index (χ1n) is 6.10. The van der Waals surface area contributed by atoms with Gasteiger partial charge in [0, 0.05) is 18.2 Å². The zero-order valence-electron chi connectivity index (χ0n) is 9.84. The first-order valence-corrected chi connectivity index (χ1v) is 6.48. The van der Waals surface area contributed by atoms with Crippen LogP contribution in [0.15, 0.2) is 12.1 Å². The van der Waals surface area contributed by atoms with Crippen molar-refractivity contribution in [2.75, 3.05) is 7.05 Å². The van der Waals surface area contributed by atoms with Gasteiger partial charge in [-0.1, -0.05) is 11.6 Å². The number of hydrogen-bond donors (Lipinski definition) is 0. The van der Waals surface area contributed by atoms with E-state index in [-0.39, 0.29) is 6.10 Å². The lowest BCUT2D eigenvalue weighted by molar-refractivity contribution is 0.0626. The van der Waals surface area contributed by atoms with Crippen LogP contribution in [-0.2, 0) is 0 Å². The highest BCUT2D eigenvalue weighted by Crippen LogP contribution is 2.35. The van der Waals surface area contributed by atoms with Gasteiger partial charge in [-0.15, -0.1) is 10.2 Å². The molecule has 0 radical (unpaired) electrons. The molecule has 2 bridgehead atoms. The van der Waals surface area contributed by atoms with Crippen LogP contribution in [0.4, 0.5) is 0 Å². The lowest BCUT2D eigenvalue weighted by Crippen LogP contribution is -2.43. The SMILES string of the molecule is CN1[C@@H]2CC[C@H]1C[C@@H](Oc1ccc(Cl)nn1)C2. The van der Waals surface area contributed by atoms with Crippen LogP contribution in [0.3, 0.4) is 0 Å². The van der Waals surface area contributed by atoms with Crippen LogP contribution >= 0.6 is 11.6 Å². The largest absolute Gasteiger partial charge is 0.473 e. The molecular formula is C12H16ClN3O. The third kappa shape index (κ3) is 2.24. The van der Waals surface area contributed by atoms with Crippen LogP contribution in [0.25, 0.3) is 0 Å². The smallest absolute Gasteiger partial charge is 0.233 e. The normalized spacial score (nSPS) is 32.7. The van der Waals surface area contributed by atoms with Crippen LogP contribution in [0, 0.1) is 0 Å². The Balaban J connectivity index is 1.65. The Hall–Kier alpha value is -0.870. The van der Waals surface area contributed by atoms with Gasteiger partial charge in [0.1, 0.15) is 6.10 Å². The van der Waals surface area contributed by atoms with Gasteiger partial charge in [0.25, 0.3) is 0 Å². The quantitative estimate of drug-likeness (QED) is 0.809. The number of nitrogens with zero attached hydrogens (tertiary/aromatic N) is 3. The highest BCUT2D eigenvalue weighted by molar-refractivity contribution is 6.29. The number of rotatable bonds is 2. The molecule has 4 nitrogen and oxygen atoms in total. The maximum absolute atomic E-state index is 5.88. The Morgan fingerprint density at radius 1 is 1.24 bits per heavy atom. The Morgan fingerprint density at radius 3 is 2.53 bits per heavy atom. The summed E-state index contributed by atoms with van der Waals surface area (Å²) in [5, 5.41) is 8.14. The van der Waals surface area contributed by atoms with E-state index in [0.29, 0.717) is 23.1 Å². The van der Waals surface area contributed by atoms with Crippen LogP contribution in [0.1, 0.15) is 25.7 Å². The summed E-state index contributed by atoms with van der Waals surface area (Å²) < 4.78 is 5.88. The van der Waals surface area contributed by atoms with Crippen molar-refractivity contribution < 1.29 is 4.74 Å². The van der Waals surface area contributed by atoms with Crippen LogP contribution in [-0.4, -0.2) is 40.3 Å². The summed E-state index contributed by atoms with van der Waals surface area (Å²) in [6.45, 7) is 0. The zero-order chi connectivity index (χ0) is 11.8. The van der Waals surface area contributed by atoms with Gasteiger partial charge in [0.05, 0.1) is 0 Å². The number of hydrogen-bond acceptors (Lipinski definition) is 4. The molecule has 0 aliphatic carbocycles. The van der Waals surface area contributed by atoms with E-state index in [2.05, 4.69) is 22.1 Å². The number of ether oxygens (including phenoxy) is 1. The topological polar surface area (TPSA) is 38.2 Å². The number of halogens is 1. The summed E-state index contributed by atoms with van der Waals surface area (Å²) in [6.07, 6.45) is 5.06. The number of aromatic nitrogens is 2. The van der Waals surface area contributed by atoms with Gasteiger partial charge >= 0.3 is 0 Å². The van der Waals surface area contributed by atoms with E-state index in [1.807, 2.05) is 0 Å². The molecule has 2 aliphatic heterocycles. The molecule has 0 N–H and O–H groups in total. The second-order valence-corrected chi connectivity index (χ2v) is 5.34. The first-order chi connectivity index (χ1) is 8.22. The molecule has 3 atom stereocenters. The van der Waals surface area contributed by atoms with Gasteiger partial charge in [-0.05, 0) is 38.8 Å². The van der Waals surface area contributed by atoms with Gasteiger partial charge in [-0.3, -0.25) is 0 Å². The van der Waals surface area contributed by atoms with Crippen molar-refractivity contribution in [1.29, 1.82) is 0 Å². The van der Waals surface area contributed by atoms with Crippen molar-refractivity contribution in [3.8, 4) is 5.88 Å². The molecule has 0 saturated carbocycles. The second kappa shape index (κ2) is 4.42.